The highest BCUT2D eigenvalue weighted by atomic mass is 16.3. The summed E-state index contributed by atoms with van der Waals surface area (Å²) in [5.74, 6) is 0.622. The van der Waals surface area contributed by atoms with Gasteiger partial charge in [-0.15, -0.1) is 0 Å². The highest BCUT2D eigenvalue weighted by molar-refractivity contribution is 5.99. The van der Waals surface area contributed by atoms with Gasteiger partial charge in [-0.1, -0.05) is 6.07 Å². The van der Waals surface area contributed by atoms with Gasteiger partial charge in [-0.05, 0) is 36.8 Å². The summed E-state index contributed by atoms with van der Waals surface area (Å²) in [6.07, 6.45) is 1.59. The van der Waals surface area contributed by atoms with Gasteiger partial charge >= 0.3 is 0 Å². The van der Waals surface area contributed by atoms with Crippen molar-refractivity contribution in [2.45, 2.75) is 13.5 Å². The van der Waals surface area contributed by atoms with E-state index in [2.05, 4.69) is 10.6 Å². The molecule has 2 rings (SSSR count). The zero-order chi connectivity index (χ0) is 13.0. The molecular formula is C14H16N2O2. The molecule has 1 amide bonds. The maximum atomic E-state index is 12.0. The van der Waals surface area contributed by atoms with E-state index in [0.29, 0.717) is 12.1 Å². The van der Waals surface area contributed by atoms with Crippen LogP contribution >= 0.6 is 0 Å². The van der Waals surface area contributed by atoms with E-state index in [-0.39, 0.29) is 5.91 Å². The lowest BCUT2D eigenvalue weighted by molar-refractivity contribution is 0.0949. The molecule has 0 saturated heterocycles. The largest absolute Gasteiger partial charge is 0.467 e. The first-order chi connectivity index (χ1) is 8.70. The molecule has 0 spiro atoms. The molecule has 0 atom stereocenters. The summed E-state index contributed by atoms with van der Waals surface area (Å²) >= 11 is 0. The minimum absolute atomic E-state index is 0.115. The van der Waals surface area contributed by atoms with Crippen LogP contribution in [0.15, 0.2) is 41.0 Å². The van der Waals surface area contributed by atoms with Crippen LogP contribution < -0.4 is 10.6 Å². The Morgan fingerprint density at radius 3 is 2.83 bits per heavy atom. The fourth-order valence-corrected chi connectivity index (χ4v) is 1.74. The second kappa shape index (κ2) is 5.40. The Morgan fingerprint density at radius 1 is 1.33 bits per heavy atom. The number of nitrogens with one attached hydrogen (secondary N) is 2. The van der Waals surface area contributed by atoms with E-state index in [0.717, 1.165) is 17.0 Å². The van der Waals surface area contributed by atoms with E-state index in [1.165, 1.54) is 0 Å². The second-order valence-electron chi connectivity index (χ2n) is 4.06. The fraction of sp³-hybridized carbons (Fsp3) is 0.214. The summed E-state index contributed by atoms with van der Waals surface area (Å²) in [6.45, 7) is 2.38. The van der Waals surface area contributed by atoms with Crippen molar-refractivity contribution in [1.29, 1.82) is 0 Å². The standard InChI is InChI=1S/C14H16N2O2/c1-10-5-6-12(13(8-10)15-2)14(17)16-9-11-4-3-7-18-11/h3-8,15H,9H2,1-2H3,(H,16,17). The number of benzene rings is 1. The quantitative estimate of drug-likeness (QED) is 0.869. The SMILES string of the molecule is CNc1cc(C)ccc1C(=O)NCc1ccco1. The Kier molecular flexibility index (Phi) is 3.67. The lowest BCUT2D eigenvalue weighted by Gasteiger charge is -2.10. The maximum absolute atomic E-state index is 12.0. The third-order valence-corrected chi connectivity index (χ3v) is 2.69. The zero-order valence-electron chi connectivity index (χ0n) is 10.5. The van der Waals surface area contributed by atoms with Crippen molar-refractivity contribution >= 4 is 11.6 Å². The number of hydrogen-bond donors (Lipinski definition) is 2. The van der Waals surface area contributed by atoms with Gasteiger partial charge in [0.25, 0.3) is 5.91 Å². The van der Waals surface area contributed by atoms with E-state index >= 15 is 0 Å². The van der Waals surface area contributed by atoms with Crippen LogP contribution in [0, 0.1) is 6.92 Å². The smallest absolute Gasteiger partial charge is 0.253 e. The van der Waals surface area contributed by atoms with Crippen LogP contribution in [-0.2, 0) is 6.54 Å². The molecule has 4 nitrogen and oxygen atoms in total. The van der Waals surface area contributed by atoms with Crippen LogP contribution in [0.4, 0.5) is 5.69 Å². The first kappa shape index (κ1) is 12.2. The molecule has 0 radical (unpaired) electrons. The molecule has 2 aromatic rings. The Labute approximate surface area is 106 Å². The number of hydrogen-bond acceptors (Lipinski definition) is 3. The molecule has 1 aromatic heterocycles. The first-order valence-electron chi connectivity index (χ1n) is 5.79. The number of anilines is 1. The van der Waals surface area contributed by atoms with Crippen molar-refractivity contribution in [3.05, 3.63) is 53.5 Å². The summed E-state index contributed by atoms with van der Waals surface area (Å²) < 4.78 is 5.17. The number of amides is 1. The van der Waals surface area contributed by atoms with E-state index in [1.807, 2.05) is 31.2 Å². The lowest BCUT2D eigenvalue weighted by Crippen LogP contribution is -2.23. The van der Waals surface area contributed by atoms with Crippen LogP contribution in [0.5, 0.6) is 0 Å². The van der Waals surface area contributed by atoms with E-state index in [1.54, 1.807) is 19.4 Å². The topological polar surface area (TPSA) is 54.3 Å². The van der Waals surface area contributed by atoms with Gasteiger partial charge in [-0.25, -0.2) is 0 Å². The van der Waals surface area contributed by atoms with Gasteiger partial charge in [-0.2, -0.15) is 0 Å². The van der Waals surface area contributed by atoms with Crippen LogP contribution in [0.3, 0.4) is 0 Å². The lowest BCUT2D eigenvalue weighted by atomic mass is 10.1. The van der Waals surface area contributed by atoms with Gasteiger partial charge in [0.15, 0.2) is 0 Å². The van der Waals surface area contributed by atoms with Crippen molar-refractivity contribution in [2.75, 3.05) is 12.4 Å². The molecular weight excluding hydrogens is 228 g/mol. The van der Waals surface area contributed by atoms with Gasteiger partial charge in [0.2, 0.25) is 0 Å². The molecule has 0 bridgehead atoms. The molecule has 2 N–H and O–H groups in total. The Hall–Kier alpha value is -2.23. The van der Waals surface area contributed by atoms with Gasteiger partial charge in [0.1, 0.15) is 5.76 Å². The summed E-state index contributed by atoms with van der Waals surface area (Å²) in [4.78, 5) is 12.0. The molecule has 0 fully saturated rings. The van der Waals surface area contributed by atoms with E-state index in [9.17, 15) is 4.79 Å². The predicted octanol–water partition coefficient (Wildman–Crippen LogP) is 2.56. The molecule has 0 saturated carbocycles. The molecule has 0 aliphatic carbocycles. The molecule has 4 heteroatoms. The Morgan fingerprint density at radius 2 is 2.17 bits per heavy atom. The highest BCUT2D eigenvalue weighted by Gasteiger charge is 2.10. The Bertz CT molecular complexity index is 533. The molecule has 1 heterocycles. The first-order valence-corrected chi connectivity index (χ1v) is 5.79. The van der Waals surface area contributed by atoms with Crippen molar-refractivity contribution in [1.82, 2.24) is 5.32 Å². The zero-order valence-corrected chi connectivity index (χ0v) is 10.5. The van der Waals surface area contributed by atoms with Crippen LogP contribution in [-0.4, -0.2) is 13.0 Å². The molecule has 18 heavy (non-hydrogen) atoms. The van der Waals surface area contributed by atoms with Crippen LogP contribution in [0.1, 0.15) is 21.7 Å². The monoisotopic (exact) mass is 244 g/mol. The number of aryl methyl sites for hydroxylation is 1. The van der Waals surface area contributed by atoms with Gasteiger partial charge in [0.05, 0.1) is 18.4 Å². The maximum Gasteiger partial charge on any atom is 0.253 e. The normalized spacial score (nSPS) is 10.1. The van der Waals surface area contributed by atoms with Crippen LogP contribution in [0.2, 0.25) is 0 Å². The average Bonchev–Trinajstić information content (AvgIpc) is 2.88. The summed E-state index contributed by atoms with van der Waals surface area (Å²) in [5.41, 5.74) is 2.57. The third kappa shape index (κ3) is 2.71. The minimum atomic E-state index is -0.115. The molecule has 0 aliphatic heterocycles. The average molecular weight is 244 g/mol. The van der Waals surface area contributed by atoms with Gasteiger partial charge < -0.3 is 15.1 Å². The number of carbonyl (C=O) groups is 1. The minimum Gasteiger partial charge on any atom is -0.467 e. The van der Waals surface area contributed by atoms with Crippen molar-refractivity contribution < 1.29 is 9.21 Å². The summed E-state index contributed by atoms with van der Waals surface area (Å²) in [5, 5.41) is 5.85. The summed E-state index contributed by atoms with van der Waals surface area (Å²) in [7, 11) is 1.80. The van der Waals surface area contributed by atoms with Crippen LogP contribution in [0.25, 0.3) is 0 Å². The van der Waals surface area contributed by atoms with Gasteiger partial charge in [0, 0.05) is 12.7 Å². The number of carbonyl (C=O) groups excluding carboxylic acids is 1. The van der Waals surface area contributed by atoms with Crippen molar-refractivity contribution in [2.24, 2.45) is 0 Å². The van der Waals surface area contributed by atoms with E-state index in [4.69, 9.17) is 4.42 Å². The molecule has 1 aromatic carbocycles. The predicted molar refractivity (Wildman–Crippen MR) is 70.6 cm³/mol. The van der Waals surface area contributed by atoms with Crippen molar-refractivity contribution in [3.63, 3.8) is 0 Å². The molecule has 94 valence electrons. The Balaban J connectivity index is 2.09. The second-order valence-corrected chi connectivity index (χ2v) is 4.06. The number of rotatable bonds is 4. The molecule has 0 unspecified atom stereocenters. The number of furan rings is 1. The van der Waals surface area contributed by atoms with Gasteiger partial charge in [-0.3, -0.25) is 4.79 Å². The highest BCUT2D eigenvalue weighted by Crippen LogP contribution is 2.17. The fourth-order valence-electron chi connectivity index (χ4n) is 1.74. The molecule has 0 aliphatic rings. The van der Waals surface area contributed by atoms with E-state index < -0.39 is 0 Å². The summed E-state index contributed by atoms with van der Waals surface area (Å²) in [6, 6.07) is 9.31. The third-order valence-electron chi connectivity index (χ3n) is 2.69. The van der Waals surface area contributed by atoms with Crippen molar-refractivity contribution in [3.8, 4) is 0 Å².